The third kappa shape index (κ3) is 3.68. The number of halogens is 2. The number of carbonyl (C=O) groups is 2. The van der Waals surface area contributed by atoms with Crippen LogP contribution in [0.2, 0.25) is 0 Å². The second-order valence-corrected chi connectivity index (χ2v) is 5.49. The molecule has 0 saturated carbocycles. The number of urea groups is 1. The molecule has 1 saturated heterocycles. The number of nitrogens with zero attached hydrogens (tertiary/aromatic N) is 1. The van der Waals surface area contributed by atoms with Crippen molar-refractivity contribution in [1.29, 1.82) is 0 Å². The number of anilines is 2. The van der Waals surface area contributed by atoms with Gasteiger partial charge in [-0.05, 0) is 36.4 Å². The van der Waals surface area contributed by atoms with E-state index in [2.05, 4.69) is 10.6 Å². The summed E-state index contributed by atoms with van der Waals surface area (Å²) in [6, 6.07) is 10.3. The number of carbonyl (C=O) groups excluding carboxylic acids is 2. The highest BCUT2D eigenvalue weighted by Crippen LogP contribution is 2.22. The third-order valence-corrected chi connectivity index (χ3v) is 3.66. The molecule has 1 atom stereocenters. The van der Waals surface area contributed by atoms with E-state index in [9.17, 15) is 18.4 Å². The monoisotopic (exact) mass is 331 g/mol. The van der Waals surface area contributed by atoms with Crippen molar-refractivity contribution < 1.29 is 18.4 Å². The molecular weight excluding hydrogens is 316 g/mol. The van der Waals surface area contributed by atoms with Gasteiger partial charge in [-0.1, -0.05) is 12.1 Å². The predicted octanol–water partition coefficient (Wildman–Crippen LogP) is 2.89. The summed E-state index contributed by atoms with van der Waals surface area (Å²) in [5.74, 6) is -1.08. The maximum absolute atomic E-state index is 13.3. The molecule has 0 radical (unpaired) electrons. The summed E-state index contributed by atoms with van der Waals surface area (Å²) in [6.07, 6.45) is 0.118. The fourth-order valence-electron chi connectivity index (χ4n) is 2.62. The number of amides is 3. The Balaban J connectivity index is 1.61. The van der Waals surface area contributed by atoms with Crippen molar-refractivity contribution in [2.24, 2.45) is 0 Å². The summed E-state index contributed by atoms with van der Waals surface area (Å²) >= 11 is 0. The van der Waals surface area contributed by atoms with E-state index in [-0.39, 0.29) is 18.9 Å². The van der Waals surface area contributed by atoms with E-state index < -0.39 is 23.7 Å². The lowest BCUT2D eigenvalue weighted by Gasteiger charge is -2.17. The fraction of sp³-hybridized carbons (Fsp3) is 0.176. The summed E-state index contributed by atoms with van der Waals surface area (Å²) in [7, 11) is 0. The van der Waals surface area contributed by atoms with Crippen LogP contribution in [0.4, 0.5) is 25.0 Å². The van der Waals surface area contributed by atoms with E-state index >= 15 is 0 Å². The molecule has 0 spiro atoms. The molecule has 1 aliphatic rings. The van der Waals surface area contributed by atoms with Crippen LogP contribution < -0.4 is 15.5 Å². The maximum atomic E-state index is 13.3. The zero-order valence-corrected chi connectivity index (χ0v) is 12.6. The van der Waals surface area contributed by atoms with Gasteiger partial charge in [0.15, 0.2) is 0 Å². The number of hydrogen-bond donors (Lipinski definition) is 2. The molecule has 3 rings (SSSR count). The van der Waals surface area contributed by atoms with Gasteiger partial charge >= 0.3 is 6.03 Å². The van der Waals surface area contributed by atoms with Crippen LogP contribution in [0.1, 0.15) is 6.42 Å². The largest absolute Gasteiger partial charge is 0.333 e. The van der Waals surface area contributed by atoms with Crippen molar-refractivity contribution in [3.8, 4) is 0 Å². The van der Waals surface area contributed by atoms with Crippen LogP contribution in [0.25, 0.3) is 0 Å². The molecule has 24 heavy (non-hydrogen) atoms. The summed E-state index contributed by atoms with van der Waals surface area (Å²) in [5.41, 5.74) is 0.772. The Hall–Kier alpha value is -2.96. The average Bonchev–Trinajstić information content (AvgIpc) is 2.87. The van der Waals surface area contributed by atoms with E-state index in [1.807, 2.05) is 0 Å². The van der Waals surface area contributed by atoms with E-state index in [0.717, 1.165) is 0 Å². The SMILES string of the molecule is O=C(Nc1cccc(F)c1)N[C@@H]1CC(=O)N(c2cccc(F)c2)C1. The Labute approximate surface area is 137 Å². The highest BCUT2D eigenvalue weighted by atomic mass is 19.1. The lowest BCUT2D eigenvalue weighted by Crippen LogP contribution is -2.39. The molecule has 124 valence electrons. The van der Waals surface area contributed by atoms with Gasteiger partial charge in [0.25, 0.3) is 0 Å². The van der Waals surface area contributed by atoms with Crippen LogP contribution in [-0.4, -0.2) is 24.5 Å². The summed E-state index contributed by atoms with van der Waals surface area (Å²) in [4.78, 5) is 25.4. The summed E-state index contributed by atoms with van der Waals surface area (Å²) < 4.78 is 26.4. The van der Waals surface area contributed by atoms with Crippen molar-refractivity contribution in [2.75, 3.05) is 16.8 Å². The van der Waals surface area contributed by atoms with Gasteiger partial charge in [-0.2, -0.15) is 0 Å². The average molecular weight is 331 g/mol. The van der Waals surface area contributed by atoms with E-state index in [0.29, 0.717) is 11.4 Å². The van der Waals surface area contributed by atoms with Gasteiger partial charge < -0.3 is 15.5 Å². The molecule has 0 bridgehead atoms. The quantitative estimate of drug-likeness (QED) is 0.908. The van der Waals surface area contributed by atoms with Crippen molar-refractivity contribution in [3.63, 3.8) is 0 Å². The molecule has 0 unspecified atom stereocenters. The zero-order chi connectivity index (χ0) is 17.1. The molecule has 5 nitrogen and oxygen atoms in total. The molecule has 0 aromatic heterocycles. The highest BCUT2D eigenvalue weighted by molar-refractivity contribution is 5.97. The van der Waals surface area contributed by atoms with Gasteiger partial charge in [0.1, 0.15) is 11.6 Å². The Morgan fingerprint density at radius 1 is 1.08 bits per heavy atom. The van der Waals surface area contributed by atoms with E-state index in [4.69, 9.17) is 0 Å². The normalized spacial score (nSPS) is 17.0. The topological polar surface area (TPSA) is 61.4 Å². The smallest absolute Gasteiger partial charge is 0.319 e. The van der Waals surface area contributed by atoms with Gasteiger partial charge in [0.2, 0.25) is 5.91 Å². The van der Waals surface area contributed by atoms with Crippen molar-refractivity contribution in [2.45, 2.75) is 12.5 Å². The second-order valence-electron chi connectivity index (χ2n) is 5.49. The first-order chi connectivity index (χ1) is 11.5. The molecule has 3 amide bonds. The predicted molar refractivity (Wildman–Crippen MR) is 85.7 cm³/mol. The minimum Gasteiger partial charge on any atom is -0.333 e. The molecule has 1 aliphatic heterocycles. The minimum atomic E-state index is -0.528. The van der Waals surface area contributed by atoms with Gasteiger partial charge in [0, 0.05) is 24.3 Å². The highest BCUT2D eigenvalue weighted by Gasteiger charge is 2.31. The van der Waals surface area contributed by atoms with Crippen LogP contribution in [0.15, 0.2) is 48.5 Å². The summed E-state index contributed by atoms with van der Waals surface area (Å²) in [5, 5.41) is 5.17. The lowest BCUT2D eigenvalue weighted by atomic mass is 10.2. The summed E-state index contributed by atoms with van der Waals surface area (Å²) in [6.45, 7) is 0.249. The Morgan fingerprint density at radius 3 is 2.50 bits per heavy atom. The van der Waals surface area contributed by atoms with Crippen LogP contribution in [-0.2, 0) is 4.79 Å². The van der Waals surface area contributed by atoms with Crippen LogP contribution >= 0.6 is 0 Å². The first kappa shape index (κ1) is 15.9. The molecule has 0 aliphatic carbocycles. The molecule has 1 fully saturated rings. The third-order valence-electron chi connectivity index (χ3n) is 3.66. The first-order valence-corrected chi connectivity index (χ1v) is 7.40. The molecular formula is C17H15F2N3O2. The molecule has 1 heterocycles. The fourth-order valence-corrected chi connectivity index (χ4v) is 2.62. The van der Waals surface area contributed by atoms with Gasteiger partial charge in [-0.15, -0.1) is 0 Å². The Morgan fingerprint density at radius 2 is 1.79 bits per heavy atom. The van der Waals surface area contributed by atoms with Gasteiger partial charge in [-0.25, -0.2) is 13.6 Å². The molecule has 2 aromatic carbocycles. The van der Waals surface area contributed by atoms with Crippen molar-refractivity contribution in [1.82, 2.24) is 5.32 Å². The van der Waals surface area contributed by atoms with Crippen LogP contribution in [0.5, 0.6) is 0 Å². The van der Waals surface area contributed by atoms with Gasteiger partial charge in [-0.3, -0.25) is 4.79 Å². The lowest BCUT2D eigenvalue weighted by molar-refractivity contribution is -0.117. The Bertz CT molecular complexity index is 782. The number of nitrogens with one attached hydrogen (secondary N) is 2. The number of benzene rings is 2. The Kier molecular flexibility index (Phi) is 4.41. The molecule has 2 aromatic rings. The van der Waals surface area contributed by atoms with Crippen LogP contribution in [0.3, 0.4) is 0 Å². The number of hydrogen-bond acceptors (Lipinski definition) is 2. The minimum absolute atomic E-state index is 0.118. The van der Waals surface area contributed by atoms with Gasteiger partial charge in [0.05, 0.1) is 6.04 Å². The molecule has 7 heteroatoms. The first-order valence-electron chi connectivity index (χ1n) is 7.40. The zero-order valence-electron chi connectivity index (χ0n) is 12.6. The van der Waals surface area contributed by atoms with Crippen LogP contribution in [0, 0.1) is 11.6 Å². The standard InChI is InChI=1S/C17H15F2N3O2/c18-11-3-1-5-13(7-11)20-17(24)21-14-9-16(23)22(10-14)15-6-2-4-12(19)8-15/h1-8,14H,9-10H2,(H2,20,21,24)/t14-/m1/s1. The van der Waals surface area contributed by atoms with E-state index in [1.54, 1.807) is 12.1 Å². The van der Waals surface area contributed by atoms with Crippen molar-refractivity contribution in [3.05, 3.63) is 60.2 Å². The van der Waals surface area contributed by atoms with E-state index in [1.165, 1.54) is 41.3 Å². The molecule has 2 N–H and O–H groups in total. The van der Waals surface area contributed by atoms with Crippen molar-refractivity contribution >= 4 is 23.3 Å². The second kappa shape index (κ2) is 6.66. The number of rotatable bonds is 3. The maximum Gasteiger partial charge on any atom is 0.319 e.